The van der Waals surface area contributed by atoms with E-state index in [-0.39, 0.29) is 5.02 Å². The van der Waals surface area contributed by atoms with Crippen LogP contribution in [0.4, 0.5) is 18.9 Å². The highest BCUT2D eigenvalue weighted by molar-refractivity contribution is 14.1. The Kier molecular flexibility index (Phi) is 6.70. The Morgan fingerprint density at radius 1 is 1.27 bits per heavy atom. The number of hydrogen-bond donors (Lipinski definition) is 1. The van der Waals surface area contributed by atoms with Crippen LogP contribution in [0.15, 0.2) is 40.8 Å². The monoisotopic (exact) mass is 499 g/mol. The maximum absolute atomic E-state index is 12.9. The highest BCUT2D eigenvalue weighted by Gasteiger charge is 2.34. The van der Waals surface area contributed by atoms with Crippen LogP contribution < -0.4 is 5.32 Å². The second kappa shape index (κ2) is 8.58. The first-order valence-corrected chi connectivity index (χ1v) is 8.38. The van der Waals surface area contributed by atoms with Gasteiger partial charge < -0.3 is 14.5 Å². The van der Waals surface area contributed by atoms with Gasteiger partial charge in [-0.1, -0.05) is 17.7 Å². The topological polar surface area (TPSA) is 68.5 Å². The van der Waals surface area contributed by atoms with Crippen molar-refractivity contribution in [1.82, 2.24) is 0 Å². The third-order valence-electron chi connectivity index (χ3n) is 2.91. The molecule has 2 rings (SSSR count). The van der Waals surface area contributed by atoms with Gasteiger partial charge in [-0.25, -0.2) is 4.79 Å². The number of ether oxygens (including phenoxy) is 1. The normalized spacial score (nSPS) is 11.6. The van der Waals surface area contributed by atoms with Crippen molar-refractivity contribution in [3.8, 4) is 0 Å². The molecule has 1 N–H and O–H groups in total. The van der Waals surface area contributed by atoms with Crippen molar-refractivity contribution in [3.05, 3.63) is 56.5 Å². The Balaban J connectivity index is 1.95. The number of amides is 1. The summed E-state index contributed by atoms with van der Waals surface area (Å²) in [5.41, 5.74) is -1.69. The lowest BCUT2D eigenvalue weighted by molar-refractivity contribution is -0.142. The van der Waals surface area contributed by atoms with Gasteiger partial charge in [-0.3, -0.25) is 4.79 Å². The van der Waals surface area contributed by atoms with Crippen molar-refractivity contribution < 1.29 is 31.9 Å². The Labute approximate surface area is 164 Å². The predicted octanol–water partition coefficient (Wildman–Crippen LogP) is 4.75. The summed E-state index contributed by atoms with van der Waals surface area (Å²) in [5.74, 6) is -1.42. The molecule has 0 aliphatic heterocycles. The summed E-state index contributed by atoms with van der Waals surface area (Å²) in [6, 6.07) is 6.39. The fourth-order valence-corrected chi connectivity index (χ4v) is 2.47. The first-order valence-electron chi connectivity index (χ1n) is 6.92. The maximum atomic E-state index is 12.9. The van der Waals surface area contributed by atoms with E-state index in [4.69, 9.17) is 16.0 Å². The van der Waals surface area contributed by atoms with Gasteiger partial charge in [0.2, 0.25) is 0 Å². The minimum absolute atomic E-state index is 0.285. The SMILES string of the molecule is O=C(COC(=O)/C=C/c1ccc(I)o1)Nc1c(Cl)cccc1C(F)(F)F. The average molecular weight is 500 g/mol. The van der Waals surface area contributed by atoms with Gasteiger partial charge >= 0.3 is 12.1 Å². The Bertz CT molecular complexity index is 848. The van der Waals surface area contributed by atoms with E-state index >= 15 is 0 Å². The summed E-state index contributed by atoms with van der Waals surface area (Å²) < 4.78 is 49.3. The van der Waals surface area contributed by atoms with Crippen molar-refractivity contribution in [2.24, 2.45) is 0 Å². The first kappa shape index (κ1) is 20.3. The Hall–Kier alpha value is -2.01. The van der Waals surface area contributed by atoms with Crippen LogP contribution in [0.3, 0.4) is 0 Å². The lowest BCUT2D eigenvalue weighted by atomic mass is 10.1. The zero-order valence-electron chi connectivity index (χ0n) is 12.8. The molecular formula is C16H10ClF3INO4. The van der Waals surface area contributed by atoms with Crippen LogP contribution in [0, 0.1) is 3.77 Å². The van der Waals surface area contributed by atoms with Gasteiger partial charge in [-0.05, 0) is 52.9 Å². The molecule has 5 nitrogen and oxygen atoms in total. The van der Waals surface area contributed by atoms with Crippen LogP contribution in [0.25, 0.3) is 6.08 Å². The molecule has 0 spiro atoms. The molecule has 2 aromatic rings. The van der Waals surface area contributed by atoms with Crippen molar-refractivity contribution >= 4 is 57.8 Å². The van der Waals surface area contributed by atoms with Gasteiger partial charge in [0, 0.05) is 6.08 Å². The quantitative estimate of drug-likeness (QED) is 0.366. The summed E-state index contributed by atoms with van der Waals surface area (Å²) in [5, 5.41) is 1.72. The van der Waals surface area contributed by atoms with Crippen LogP contribution in [0.5, 0.6) is 0 Å². The second-order valence-electron chi connectivity index (χ2n) is 4.79. The summed E-state index contributed by atoms with van der Waals surface area (Å²) in [6.45, 7) is -0.776. The number of carbonyl (C=O) groups is 2. The molecule has 0 aliphatic carbocycles. The second-order valence-corrected chi connectivity index (χ2v) is 6.26. The number of halogens is 5. The Morgan fingerprint density at radius 2 is 2.00 bits per heavy atom. The maximum Gasteiger partial charge on any atom is 0.418 e. The number of furan rings is 1. The van der Waals surface area contributed by atoms with Crippen molar-refractivity contribution in [2.45, 2.75) is 6.18 Å². The third kappa shape index (κ3) is 5.77. The number of esters is 1. The minimum Gasteiger partial charge on any atom is -0.452 e. The van der Waals surface area contributed by atoms with Crippen molar-refractivity contribution in [3.63, 3.8) is 0 Å². The number of benzene rings is 1. The average Bonchev–Trinajstić information content (AvgIpc) is 2.97. The van der Waals surface area contributed by atoms with E-state index in [0.29, 0.717) is 9.53 Å². The number of nitrogens with one attached hydrogen (secondary N) is 1. The summed E-state index contributed by atoms with van der Waals surface area (Å²) in [6.07, 6.45) is -2.34. The van der Waals surface area contributed by atoms with Gasteiger partial charge in [0.1, 0.15) is 5.76 Å². The molecule has 0 saturated carbocycles. The van der Waals surface area contributed by atoms with Gasteiger partial charge in [0.05, 0.1) is 16.3 Å². The van der Waals surface area contributed by atoms with Gasteiger partial charge in [0.15, 0.2) is 10.4 Å². The van der Waals surface area contributed by atoms with E-state index in [0.717, 1.165) is 18.2 Å². The molecule has 0 saturated heterocycles. The van der Waals surface area contributed by atoms with Gasteiger partial charge in [0.25, 0.3) is 5.91 Å². The molecule has 0 unspecified atom stereocenters. The zero-order chi connectivity index (χ0) is 19.3. The van der Waals surface area contributed by atoms with Crippen molar-refractivity contribution in [2.75, 3.05) is 11.9 Å². The van der Waals surface area contributed by atoms with E-state index in [1.54, 1.807) is 12.1 Å². The number of carbonyl (C=O) groups excluding carboxylic acids is 2. The highest BCUT2D eigenvalue weighted by atomic mass is 127. The molecule has 1 aromatic carbocycles. The van der Waals surface area contributed by atoms with Gasteiger partial charge in [-0.2, -0.15) is 13.2 Å². The number of para-hydroxylation sites is 1. The standard InChI is InChI=1S/C16H10ClF3INO4/c17-11-3-1-2-10(16(18,19)20)15(11)22-13(23)8-25-14(24)7-5-9-4-6-12(21)26-9/h1-7H,8H2,(H,22,23)/b7-5+. The van der Waals surface area contributed by atoms with Crippen LogP contribution in [-0.2, 0) is 20.5 Å². The van der Waals surface area contributed by atoms with E-state index < -0.39 is 35.9 Å². The smallest absolute Gasteiger partial charge is 0.418 e. The minimum atomic E-state index is -4.70. The molecule has 26 heavy (non-hydrogen) atoms. The molecule has 1 amide bonds. The third-order valence-corrected chi connectivity index (χ3v) is 3.80. The highest BCUT2D eigenvalue weighted by Crippen LogP contribution is 2.38. The molecule has 0 fully saturated rings. The van der Waals surface area contributed by atoms with E-state index in [1.807, 2.05) is 27.9 Å². The number of anilines is 1. The molecule has 10 heteroatoms. The lowest BCUT2D eigenvalue weighted by Crippen LogP contribution is -2.22. The van der Waals surface area contributed by atoms with E-state index in [2.05, 4.69) is 4.74 Å². The van der Waals surface area contributed by atoms with Crippen molar-refractivity contribution in [1.29, 1.82) is 0 Å². The number of alkyl halides is 3. The van der Waals surface area contributed by atoms with E-state index in [9.17, 15) is 22.8 Å². The summed E-state index contributed by atoms with van der Waals surface area (Å²) >= 11 is 7.66. The van der Waals surface area contributed by atoms with E-state index in [1.165, 1.54) is 12.1 Å². The molecule has 1 aromatic heterocycles. The fraction of sp³-hybridized carbons (Fsp3) is 0.125. The lowest BCUT2D eigenvalue weighted by Gasteiger charge is -2.15. The Morgan fingerprint density at radius 3 is 2.62 bits per heavy atom. The summed E-state index contributed by atoms with van der Waals surface area (Å²) in [7, 11) is 0. The number of hydrogen-bond acceptors (Lipinski definition) is 4. The molecular weight excluding hydrogens is 490 g/mol. The van der Waals surface area contributed by atoms with Crippen LogP contribution in [0.1, 0.15) is 11.3 Å². The predicted molar refractivity (Wildman–Crippen MR) is 96.5 cm³/mol. The first-order chi connectivity index (χ1) is 12.2. The molecule has 1 heterocycles. The van der Waals surface area contributed by atoms with Crippen LogP contribution in [0.2, 0.25) is 5.02 Å². The van der Waals surface area contributed by atoms with Crippen LogP contribution in [-0.4, -0.2) is 18.5 Å². The van der Waals surface area contributed by atoms with Gasteiger partial charge in [-0.15, -0.1) is 0 Å². The molecule has 0 radical (unpaired) electrons. The molecule has 0 bridgehead atoms. The molecule has 0 aliphatic rings. The zero-order valence-corrected chi connectivity index (χ0v) is 15.7. The molecule has 0 atom stereocenters. The number of rotatable bonds is 5. The summed E-state index contributed by atoms with van der Waals surface area (Å²) in [4.78, 5) is 23.3. The largest absolute Gasteiger partial charge is 0.452 e. The molecule has 138 valence electrons. The van der Waals surface area contributed by atoms with Crippen LogP contribution >= 0.6 is 34.2 Å². The fourth-order valence-electron chi connectivity index (χ4n) is 1.82.